The summed E-state index contributed by atoms with van der Waals surface area (Å²) < 4.78 is 8.24. The summed E-state index contributed by atoms with van der Waals surface area (Å²) in [6, 6.07) is 0.0818. The maximum Gasteiger partial charge on any atom is 0.407 e. The molecular weight excluding hydrogens is 342 g/mol. The van der Waals surface area contributed by atoms with Gasteiger partial charge in [-0.1, -0.05) is 5.21 Å². The quantitative estimate of drug-likeness (QED) is 0.779. The van der Waals surface area contributed by atoms with Crippen molar-refractivity contribution in [2.45, 2.75) is 59.4 Å². The van der Waals surface area contributed by atoms with Gasteiger partial charge in [-0.2, -0.15) is 5.10 Å². The molecule has 0 saturated carbocycles. The van der Waals surface area contributed by atoms with Crippen molar-refractivity contribution in [2.75, 3.05) is 0 Å². The van der Waals surface area contributed by atoms with Gasteiger partial charge in [-0.15, -0.1) is 5.10 Å². The highest BCUT2D eigenvalue weighted by molar-refractivity contribution is 5.86. The fourth-order valence-electron chi connectivity index (χ4n) is 2.22. The number of hydrogen-bond acceptors (Lipinski definition) is 7. The van der Waals surface area contributed by atoms with Gasteiger partial charge in [0.2, 0.25) is 0 Å². The Labute approximate surface area is 150 Å². The molecule has 26 heavy (non-hydrogen) atoms. The van der Waals surface area contributed by atoms with Gasteiger partial charge in [0, 0.05) is 6.04 Å². The zero-order valence-corrected chi connectivity index (χ0v) is 15.4. The molecule has 2 aromatic rings. The minimum Gasteiger partial charge on any atom is -0.476 e. The number of carboxylic acid groups (broad SMARTS) is 1. The Morgan fingerprint density at radius 2 is 2.04 bits per heavy atom. The van der Waals surface area contributed by atoms with Crippen LogP contribution in [0.2, 0.25) is 0 Å². The number of aromatic nitrogens is 6. The number of amides is 1. The first kappa shape index (κ1) is 19.3. The number of hydrogen-bond donors (Lipinski definition) is 2. The average molecular weight is 365 g/mol. The summed E-state index contributed by atoms with van der Waals surface area (Å²) in [6.45, 7) is 9.18. The largest absolute Gasteiger partial charge is 0.476 e. The number of carboxylic acids is 1. The maximum atomic E-state index is 11.8. The highest BCUT2D eigenvalue weighted by Crippen LogP contribution is 2.12. The van der Waals surface area contributed by atoms with Gasteiger partial charge in [0.1, 0.15) is 24.3 Å². The Balaban J connectivity index is 2.21. The van der Waals surface area contributed by atoms with Gasteiger partial charge in [-0.05, 0) is 34.6 Å². The Morgan fingerprint density at radius 1 is 1.35 bits per heavy atom. The van der Waals surface area contributed by atoms with Crippen LogP contribution < -0.4 is 5.32 Å². The van der Waals surface area contributed by atoms with Crippen molar-refractivity contribution in [1.29, 1.82) is 0 Å². The SMILES string of the molecule is CC(C)n1ncnc1Cn1nnc(C(=O)O)c1CNC(=O)OC(C)(C)C. The van der Waals surface area contributed by atoms with E-state index < -0.39 is 17.7 Å². The molecule has 1 amide bonds. The van der Waals surface area contributed by atoms with Crippen LogP contribution in [0.4, 0.5) is 4.79 Å². The summed E-state index contributed by atoms with van der Waals surface area (Å²) in [7, 11) is 0. The maximum absolute atomic E-state index is 11.8. The summed E-state index contributed by atoms with van der Waals surface area (Å²) in [5.74, 6) is -0.636. The van der Waals surface area contributed by atoms with E-state index in [0.29, 0.717) is 5.82 Å². The Morgan fingerprint density at radius 3 is 2.62 bits per heavy atom. The van der Waals surface area contributed by atoms with Crippen LogP contribution in [0.1, 0.15) is 62.7 Å². The van der Waals surface area contributed by atoms with E-state index in [9.17, 15) is 14.7 Å². The number of nitrogens with one attached hydrogen (secondary N) is 1. The molecule has 0 aromatic carbocycles. The zero-order chi connectivity index (χ0) is 19.5. The Hall–Kier alpha value is -2.98. The second-order valence-corrected chi connectivity index (χ2v) is 6.92. The van der Waals surface area contributed by atoms with Crippen molar-refractivity contribution in [1.82, 2.24) is 35.1 Å². The molecule has 11 nitrogen and oxygen atoms in total. The third-order valence-corrected chi connectivity index (χ3v) is 3.27. The van der Waals surface area contributed by atoms with Gasteiger partial charge in [-0.25, -0.2) is 23.9 Å². The Kier molecular flexibility index (Phi) is 5.58. The molecule has 0 spiro atoms. The first-order valence-electron chi connectivity index (χ1n) is 8.09. The van der Waals surface area contributed by atoms with Crippen LogP contribution in [0.3, 0.4) is 0 Å². The number of aromatic carboxylic acids is 1. The monoisotopic (exact) mass is 365 g/mol. The molecule has 11 heteroatoms. The summed E-state index contributed by atoms with van der Waals surface area (Å²) in [6.07, 6.45) is 0.759. The first-order valence-corrected chi connectivity index (χ1v) is 8.09. The third-order valence-electron chi connectivity index (χ3n) is 3.27. The van der Waals surface area contributed by atoms with E-state index in [2.05, 4.69) is 25.7 Å². The van der Waals surface area contributed by atoms with E-state index in [1.807, 2.05) is 13.8 Å². The van der Waals surface area contributed by atoms with Crippen molar-refractivity contribution < 1.29 is 19.4 Å². The molecule has 0 fully saturated rings. The second kappa shape index (κ2) is 7.50. The van der Waals surface area contributed by atoms with Crippen LogP contribution >= 0.6 is 0 Å². The van der Waals surface area contributed by atoms with E-state index in [4.69, 9.17) is 4.74 Å². The van der Waals surface area contributed by atoms with Crippen molar-refractivity contribution in [2.24, 2.45) is 0 Å². The molecule has 0 saturated heterocycles. The summed E-state index contributed by atoms with van der Waals surface area (Å²) in [4.78, 5) is 27.4. The van der Waals surface area contributed by atoms with Gasteiger partial charge in [0.15, 0.2) is 5.69 Å². The smallest absolute Gasteiger partial charge is 0.407 e. The standard InChI is InChI=1S/C15H23N7O4/c1-9(2)22-11(17-8-18-22)7-21-10(12(13(23)24)19-20-21)6-16-14(25)26-15(3,4)5/h8-9H,6-7H2,1-5H3,(H,16,25)(H,23,24). The molecule has 142 valence electrons. The lowest BCUT2D eigenvalue weighted by molar-refractivity contribution is 0.0519. The second-order valence-electron chi connectivity index (χ2n) is 6.92. The lowest BCUT2D eigenvalue weighted by atomic mass is 10.2. The van der Waals surface area contributed by atoms with E-state index in [1.54, 1.807) is 25.5 Å². The van der Waals surface area contributed by atoms with E-state index in [-0.39, 0.29) is 30.5 Å². The van der Waals surface area contributed by atoms with Crippen molar-refractivity contribution in [3.63, 3.8) is 0 Å². The molecule has 0 aliphatic heterocycles. The molecule has 2 heterocycles. The van der Waals surface area contributed by atoms with Crippen LogP contribution in [0.25, 0.3) is 0 Å². The minimum absolute atomic E-state index is 0.0818. The van der Waals surface area contributed by atoms with Gasteiger partial charge in [-0.3, -0.25) is 0 Å². The summed E-state index contributed by atoms with van der Waals surface area (Å²) >= 11 is 0. The summed E-state index contributed by atoms with van der Waals surface area (Å²) in [5.41, 5.74) is -0.662. The molecule has 0 aliphatic carbocycles. The summed E-state index contributed by atoms with van der Waals surface area (Å²) in [5, 5.41) is 23.5. The van der Waals surface area contributed by atoms with E-state index >= 15 is 0 Å². The lowest BCUT2D eigenvalue weighted by Gasteiger charge is -2.19. The molecule has 0 atom stereocenters. The normalized spacial score (nSPS) is 11.6. The molecule has 0 bridgehead atoms. The first-order chi connectivity index (χ1) is 12.1. The highest BCUT2D eigenvalue weighted by atomic mass is 16.6. The number of carbonyl (C=O) groups excluding carboxylic acids is 1. The topological polar surface area (TPSA) is 137 Å². The molecule has 2 aromatic heterocycles. The molecule has 0 radical (unpaired) electrons. The molecule has 0 aliphatic rings. The van der Waals surface area contributed by atoms with Gasteiger partial charge < -0.3 is 15.2 Å². The van der Waals surface area contributed by atoms with Gasteiger partial charge >= 0.3 is 12.1 Å². The fraction of sp³-hybridized carbons (Fsp3) is 0.600. The van der Waals surface area contributed by atoms with Crippen molar-refractivity contribution in [3.05, 3.63) is 23.5 Å². The van der Waals surface area contributed by atoms with Crippen LogP contribution in [0.5, 0.6) is 0 Å². The van der Waals surface area contributed by atoms with E-state index in [1.165, 1.54) is 11.0 Å². The zero-order valence-electron chi connectivity index (χ0n) is 15.4. The predicted octanol–water partition coefficient (Wildman–Crippen LogP) is 1.22. The van der Waals surface area contributed by atoms with E-state index in [0.717, 1.165) is 0 Å². The van der Waals surface area contributed by atoms with Gasteiger partial charge in [0.25, 0.3) is 0 Å². The predicted molar refractivity (Wildman–Crippen MR) is 89.6 cm³/mol. The van der Waals surface area contributed by atoms with Crippen LogP contribution in [0, 0.1) is 0 Å². The van der Waals surface area contributed by atoms with Crippen molar-refractivity contribution in [3.8, 4) is 0 Å². The number of alkyl carbamates (subject to hydrolysis) is 1. The minimum atomic E-state index is -1.23. The lowest BCUT2D eigenvalue weighted by Crippen LogP contribution is -2.33. The van der Waals surface area contributed by atoms with Gasteiger partial charge in [0.05, 0.1) is 12.2 Å². The Bertz CT molecular complexity index is 788. The third kappa shape index (κ3) is 4.77. The number of ether oxygens (including phenoxy) is 1. The van der Waals surface area contributed by atoms with Crippen LogP contribution in [-0.4, -0.2) is 52.5 Å². The molecule has 2 N–H and O–H groups in total. The molecule has 2 rings (SSSR count). The van der Waals surface area contributed by atoms with Crippen LogP contribution in [-0.2, 0) is 17.8 Å². The van der Waals surface area contributed by atoms with Crippen molar-refractivity contribution >= 4 is 12.1 Å². The number of rotatable bonds is 6. The fourth-order valence-corrected chi connectivity index (χ4v) is 2.22. The molecule has 0 unspecified atom stereocenters. The average Bonchev–Trinajstić information content (AvgIpc) is 3.10. The number of carbonyl (C=O) groups is 2. The van der Waals surface area contributed by atoms with Crippen LogP contribution in [0.15, 0.2) is 6.33 Å². The number of nitrogens with zero attached hydrogens (tertiary/aromatic N) is 6. The highest BCUT2D eigenvalue weighted by Gasteiger charge is 2.22. The molecular formula is C15H23N7O4.